The summed E-state index contributed by atoms with van der Waals surface area (Å²) in [5, 5.41) is 2.76. The normalized spacial score (nSPS) is 10.6. The molecular formula is C4H14N2O3S. The van der Waals surface area contributed by atoms with Crippen molar-refractivity contribution in [2.75, 3.05) is 19.3 Å². The molecule has 0 fully saturated rings. The molecule has 0 heterocycles. The van der Waals surface area contributed by atoms with Crippen LogP contribution in [0.1, 0.15) is 6.42 Å². The molecule has 0 aromatic rings. The molecule has 0 saturated heterocycles. The molecule has 0 aliphatic rings. The Hall–Kier alpha value is -0.170. The second-order valence-corrected chi connectivity index (χ2v) is 3.32. The van der Waals surface area contributed by atoms with E-state index in [9.17, 15) is 8.42 Å². The summed E-state index contributed by atoms with van der Waals surface area (Å²) in [5.74, 6) is -0.159. The lowest BCUT2D eigenvalue weighted by atomic mass is 10.5. The van der Waals surface area contributed by atoms with Crippen molar-refractivity contribution < 1.29 is 13.0 Å². The molecule has 10 heavy (non-hydrogen) atoms. The Bertz CT molecular complexity index is 154. The van der Waals surface area contributed by atoms with Crippen LogP contribution in [0.15, 0.2) is 0 Å². The molecule has 0 radical (unpaired) electrons. The van der Waals surface area contributed by atoms with Gasteiger partial charge in [0, 0.05) is 0 Å². The van der Waals surface area contributed by atoms with Gasteiger partial charge in [-0.2, -0.15) is 8.42 Å². The highest BCUT2D eigenvalue weighted by Gasteiger charge is 2.01. The molecule has 5 nitrogen and oxygen atoms in total. The second kappa shape index (κ2) is 5.60. The first-order valence-electron chi connectivity index (χ1n) is 2.66. The second-order valence-electron chi connectivity index (χ2n) is 1.74. The Morgan fingerprint density at radius 2 is 2.00 bits per heavy atom. The average Bonchev–Trinajstić information content (AvgIpc) is 1.63. The molecule has 0 aromatic heterocycles. The molecule has 5 N–H and O–H groups in total. The van der Waals surface area contributed by atoms with Crippen LogP contribution < -0.4 is 11.5 Å². The summed E-state index contributed by atoms with van der Waals surface area (Å²) in [6.45, 7) is 0.611. The third-order valence-corrected chi connectivity index (χ3v) is 1.63. The predicted octanol–water partition coefficient (Wildman–Crippen LogP) is -0.354. The van der Waals surface area contributed by atoms with Gasteiger partial charge in [0.1, 0.15) is 0 Å². The summed E-state index contributed by atoms with van der Waals surface area (Å²) in [6, 6.07) is 0. The highest BCUT2D eigenvalue weighted by atomic mass is 32.2. The van der Waals surface area contributed by atoms with Gasteiger partial charge < -0.3 is 11.5 Å². The van der Waals surface area contributed by atoms with Crippen LogP contribution in [-0.4, -0.2) is 32.3 Å². The smallest absolute Gasteiger partial charge is 0.264 e. The third kappa shape index (κ3) is 10.7. The van der Waals surface area contributed by atoms with Gasteiger partial charge in [-0.05, 0) is 20.0 Å². The van der Waals surface area contributed by atoms with Crippen LogP contribution in [0.25, 0.3) is 0 Å². The minimum atomic E-state index is -3.74. The first-order chi connectivity index (χ1) is 4.06. The fourth-order valence-electron chi connectivity index (χ4n) is 0.431. The first kappa shape index (κ1) is 12.5. The molecule has 0 unspecified atom stereocenters. The Labute approximate surface area is 61.1 Å². The number of hydrogen-bond acceptors (Lipinski definition) is 4. The SMILES string of the molecule is CNCCCS(=O)(=O)O.N. The highest BCUT2D eigenvalue weighted by molar-refractivity contribution is 7.85. The van der Waals surface area contributed by atoms with Crippen molar-refractivity contribution in [2.24, 2.45) is 0 Å². The van der Waals surface area contributed by atoms with Gasteiger partial charge in [-0.1, -0.05) is 0 Å². The molecule has 0 aromatic carbocycles. The molecule has 0 spiro atoms. The van der Waals surface area contributed by atoms with E-state index in [2.05, 4.69) is 5.32 Å². The Kier molecular flexibility index (Phi) is 7.00. The van der Waals surface area contributed by atoms with Crippen LogP contribution in [-0.2, 0) is 10.1 Å². The van der Waals surface area contributed by atoms with Gasteiger partial charge in [-0.3, -0.25) is 4.55 Å². The summed E-state index contributed by atoms with van der Waals surface area (Å²) in [5.41, 5.74) is 0. The first-order valence-corrected chi connectivity index (χ1v) is 4.27. The van der Waals surface area contributed by atoms with E-state index in [1.54, 1.807) is 7.05 Å². The third-order valence-electron chi connectivity index (χ3n) is 0.829. The molecule has 0 aliphatic carbocycles. The van der Waals surface area contributed by atoms with Crippen molar-refractivity contribution in [3.05, 3.63) is 0 Å². The van der Waals surface area contributed by atoms with E-state index >= 15 is 0 Å². The number of nitrogens with one attached hydrogen (secondary N) is 1. The zero-order chi connectivity index (χ0) is 7.33. The zero-order valence-electron chi connectivity index (χ0n) is 6.00. The lowest BCUT2D eigenvalue weighted by molar-refractivity contribution is 0.480. The van der Waals surface area contributed by atoms with Gasteiger partial charge in [0.15, 0.2) is 0 Å². The molecule has 64 valence electrons. The maximum absolute atomic E-state index is 10.0. The standard InChI is InChI=1S/C4H11NO3S.H3N/c1-5-3-2-4-9(6,7)8;/h5H,2-4H2,1H3,(H,6,7,8);1H3. The van der Waals surface area contributed by atoms with Crippen molar-refractivity contribution in [1.29, 1.82) is 0 Å². The lowest BCUT2D eigenvalue weighted by Crippen LogP contribution is -2.13. The van der Waals surface area contributed by atoms with E-state index in [-0.39, 0.29) is 11.9 Å². The fraction of sp³-hybridized carbons (Fsp3) is 1.00. The summed E-state index contributed by atoms with van der Waals surface area (Å²) >= 11 is 0. The largest absolute Gasteiger partial charge is 0.344 e. The van der Waals surface area contributed by atoms with Crippen LogP contribution in [0.2, 0.25) is 0 Å². The van der Waals surface area contributed by atoms with E-state index in [0.29, 0.717) is 13.0 Å². The topological polar surface area (TPSA) is 101 Å². The monoisotopic (exact) mass is 170 g/mol. The molecule has 6 heteroatoms. The van der Waals surface area contributed by atoms with E-state index in [4.69, 9.17) is 4.55 Å². The zero-order valence-corrected chi connectivity index (χ0v) is 6.82. The van der Waals surface area contributed by atoms with Crippen LogP contribution in [0.5, 0.6) is 0 Å². The van der Waals surface area contributed by atoms with Crippen molar-refractivity contribution in [3.8, 4) is 0 Å². The van der Waals surface area contributed by atoms with E-state index in [1.807, 2.05) is 0 Å². The highest BCUT2D eigenvalue weighted by Crippen LogP contribution is 1.84. The number of rotatable bonds is 4. The van der Waals surface area contributed by atoms with Crippen molar-refractivity contribution in [3.63, 3.8) is 0 Å². The van der Waals surface area contributed by atoms with Crippen LogP contribution in [0.3, 0.4) is 0 Å². The van der Waals surface area contributed by atoms with E-state index in [1.165, 1.54) is 0 Å². The van der Waals surface area contributed by atoms with E-state index < -0.39 is 10.1 Å². The minimum Gasteiger partial charge on any atom is -0.344 e. The van der Waals surface area contributed by atoms with Gasteiger partial charge in [0.2, 0.25) is 0 Å². The molecule has 0 bridgehead atoms. The summed E-state index contributed by atoms with van der Waals surface area (Å²) < 4.78 is 28.3. The Balaban J connectivity index is 0. The lowest BCUT2D eigenvalue weighted by Gasteiger charge is -1.94. The average molecular weight is 170 g/mol. The van der Waals surface area contributed by atoms with Crippen molar-refractivity contribution in [2.45, 2.75) is 6.42 Å². The van der Waals surface area contributed by atoms with E-state index in [0.717, 1.165) is 0 Å². The minimum absolute atomic E-state index is 0. The van der Waals surface area contributed by atoms with Gasteiger partial charge in [0.05, 0.1) is 5.75 Å². The molecule has 0 saturated carbocycles. The predicted molar refractivity (Wildman–Crippen MR) is 40.0 cm³/mol. The van der Waals surface area contributed by atoms with Crippen LogP contribution in [0, 0.1) is 0 Å². The molecule has 0 aliphatic heterocycles. The molecule has 0 atom stereocenters. The van der Waals surface area contributed by atoms with Gasteiger partial charge in [-0.25, -0.2) is 0 Å². The van der Waals surface area contributed by atoms with Crippen LogP contribution >= 0.6 is 0 Å². The quantitative estimate of drug-likeness (QED) is 0.395. The molecule has 0 rings (SSSR count). The van der Waals surface area contributed by atoms with Crippen molar-refractivity contribution >= 4 is 10.1 Å². The molecule has 0 amide bonds. The Morgan fingerprint density at radius 1 is 1.50 bits per heavy atom. The van der Waals surface area contributed by atoms with Gasteiger partial charge in [0.25, 0.3) is 10.1 Å². The maximum Gasteiger partial charge on any atom is 0.264 e. The maximum atomic E-state index is 10.0. The van der Waals surface area contributed by atoms with Crippen LogP contribution in [0.4, 0.5) is 0 Å². The summed E-state index contributed by atoms with van der Waals surface area (Å²) in [6.07, 6.45) is 0.454. The number of hydrogen-bond donors (Lipinski definition) is 3. The van der Waals surface area contributed by atoms with Gasteiger partial charge >= 0.3 is 0 Å². The Morgan fingerprint density at radius 3 is 2.30 bits per heavy atom. The van der Waals surface area contributed by atoms with Gasteiger partial charge in [-0.15, -0.1) is 0 Å². The summed E-state index contributed by atoms with van der Waals surface area (Å²) in [7, 11) is -2.01. The fourth-order valence-corrected chi connectivity index (χ4v) is 0.940. The van der Waals surface area contributed by atoms with Crippen molar-refractivity contribution in [1.82, 2.24) is 11.5 Å². The molecular weight excluding hydrogens is 156 g/mol. The summed E-state index contributed by atoms with van der Waals surface area (Å²) in [4.78, 5) is 0.